The molecule has 208 valence electrons. The van der Waals surface area contributed by atoms with Crippen LogP contribution < -0.4 is 9.62 Å². The summed E-state index contributed by atoms with van der Waals surface area (Å²) in [6, 6.07) is 19.2. The van der Waals surface area contributed by atoms with E-state index in [0.717, 1.165) is 19.9 Å². The van der Waals surface area contributed by atoms with Gasteiger partial charge in [-0.25, -0.2) is 8.42 Å². The maximum atomic E-state index is 13.9. The number of rotatable bonds is 9. The molecule has 0 bridgehead atoms. The van der Waals surface area contributed by atoms with E-state index in [9.17, 15) is 18.0 Å². The van der Waals surface area contributed by atoms with E-state index in [1.54, 1.807) is 31.2 Å². The maximum Gasteiger partial charge on any atom is 0.264 e. The van der Waals surface area contributed by atoms with E-state index < -0.39 is 34.1 Å². The number of nitrogens with one attached hydrogen (secondary N) is 1. The first-order chi connectivity index (χ1) is 18.2. The molecule has 1 atom stereocenters. The predicted octanol–water partition coefficient (Wildman–Crippen LogP) is 5.94. The highest BCUT2D eigenvalue weighted by atomic mass is 79.9. The number of nitrogens with zero attached hydrogens (tertiary/aromatic N) is 2. The van der Waals surface area contributed by atoms with Crippen molar-refractivity contribution in [2.75, 3.05) is 10.8 Å². The number of carbonyl (C=O) groups excluding carboxylic acids is 2. The molecule has 0 aromatic heterocycles. The van der Waals surface area contributed by atoms with Crippen molar-refractivity contribution >= 4 is 55.1 Å². The Balaban J connectivity index is 2.02. The molecule has 0 aliphatic carbocycles. The van der Waals surface area contributed by atoms with Gasteiger partial charge in [-0.15, -0.1) is 0 Å². The quantitative estimate of drug-likeness (QED) is 0.316. The average molecular weight is 635 g/mol. The Hall–Kier alpha value is -2.88. The summed E-state index contributed by atoms with van der Waals surface area (Å²) >= 11 is 9.40. The zero-order chi connectivity index (χ0) is 29.0. The molecule has 0 aliphatic rings. The van der Waals surface area contributed by atoms with Crippen molar-refractivity contribution in [3.63, 3.8) is 0 Å². The van der Waals surface area contributed by atoms with Crippen molar-refractivity contribution in [2.24, 2.45) is 0 Å². The molecule has 0 aliphatic heterocycles. The number of benzene rings is 3. The van der Waals surface area contributed by atoms with Gasteiger partial charge in [0, 0.05) is 21.6 Å². The van der Waals surface area contributed by atoms with Crippen molar-refractivity contribution in [3.05, 3.63) is 93.4 Å². The van der Waals surface area contributed by atoms with Crippen LogP contribution in [-0.2, 0) is 26.2 Å². The lowest BCUT2D eigenvalue weighted by molar-refractivity contribution is -0.140. The van der Waals surface area contributed by atoms with Gasteiger partial charge in [-0.1, -0.05) is 57.4 Å². The molecule has 2 amide bonds. The molecule has 3 aromatic rings. The number of anilines is 1. The number of hydrogen-bond acceptors (Lipinski definition) is 4. The van der Waals surface area contributed by atoms with Crippen LogP contribution >= 0.6 is 27.5 Å². The fourth-order valence-corrected chi connectivity index (χ4v) is 5.62. The minimum Gasteiger partial charge on any atom is -0.350 e. The minimum atomic E-state index is -4.15. The smallest absolute Gasteiger partial charge is 0.264 e. The summed E-state index contributed by atoms with van der Waals surface area (Å²) in [5.41, 5.74) is 1.56. The summed E-state index contributed by atoms with van der Waals surface area (Å²) in [4.78, 5) is 28.5. The van der Waals surface area contributed by atoms with E-state index in [-0.39, 0.29) is 17.3 Å². The highest BCUT2D eigenvalue weighted by Gasteiger charge is 2.33. The molecular formula is C29H33BrClN3O4S. The molecule has 39 heavy (non-hydrogen) atoms. The molecule has 10 heteroatoms. The van der Waals surface area contributed by atoms with E-state index in [0.29, 0.717) is 10.7 Å². The second-order valence-electron chi connectivity index (χ2n) is 10.4. The zero-order valence-corrected chi connectivity index (χ0v) is 25.8. The van der Waals surface area contributed by atoms with Crippen LogP contribution in [0, 0.1) is 6.92 Å². The molecule has 0 radical (unpaired) electrons. The Morgan fingerprint density at radius 2 is 1.51 bits per heavy atom. The molecular weight excluding hydrogens is 602 g/mol. The number of carbonyl (C=O) groups is 2. The van der Waals surface area contributed by atoms with Gasteiger partial charge < -0.3 is 10.2 Å². The topological polar surface area (TPSA) is 86.8 Å². The minimum absolute atomic E-state index is 0.00161. The average Bonchev–Trinajstić information content (AvgIpc) is 2.86. The normalized spacial score (nSPS) is 12.5. The molecule has 3 aromatic carbocycles. The molecule has 7 nitrogen and oxygen atoms in total. The van der Waals surface area contributed by atoms with Crippen LogP contribution in [-0.4, -0.2) is 43.3 Å². The Labute approximate surface area is 244 Å². The van der Waals surface area contributed by atoms with E-state index in [1.165, 1.54) is 29.2 Å². The summed E-state index contributed by atoms with van der Waals surface area (Å²) < 4.78 is 29.6. The van der Waals surface area contributed by atoms with Crippen LogP contribution in [0.3, 0.4) is 0 Å². The van der Waals surface area contributed by atoms with Gasteiger partial charge in [-0.2, -0.15) is 0 Å². The van der Waals surface area contributed by atoms with Crippen molar-refractivity contribution in [1.29, 1.82) is 0 Å². The first-order valence-corrected chi connectivity index (χ1v) is 15.0. The highest BCUT2D eigenvalue weighted by Crippen LogP contribution is 2.26. The third-order valence-corrected chi connectivity index (χ3v) is 8.50. The van der Waals surface area contributed by atoms with Gasteiger partial charge >= 0.3 is 0 Å². The second kappa shape index (κ2) is 12.5. The van der Waals surface area contributed by atoms with Crippen LogP contribution in [0.5, 0.6) is 0 Å². The van der Waals surface area contributed by atoms with E-state index in [2.05, 4.69) is 21.2 Å². The van der Waals surface area contributed by atoms with Crippen LogP contribution in [0.15, 0.2) is 82.2 Å². The fraction of sp³-hybridized carbons (Fsp3) is 0.310. The van der Waals surface area contributed by atoms with E-state index in [4.69, 9.17) is 11.6 Å². The van der Waals surface area contributed by atoms with Gasteiger partial charge in [0.1, 0.15) is 12.6 Å². The number of halogens is 2. The van der Waals surface area contributed by atoms with Gasteiger partial charge in [0.25, 0.3) is 10.0 Å². The molecule has 0 saturated carbocycles. The molecule has 0 saturated heterocycles. The van der Waals surface area contributed by atoms with Crippen molar-refractivity contribution in [2.45, 2.75) is 57.6 Å². The standard InChI is InChI=1S/C29H33BrClN3O4S/c1-20-6-14-25(15-7-20)34(39(37,38)26-16-12-24(31)13-17-26)19-27(35)33(18-22-8-10-23(30)11-9-22)21(2)28(36)32-29(3,4)5/h6-17,21H,18-19H2,1-5H3,(H,32,36). The zero-order valence-electron chi connectivity index (χ0n) is 22.6. The van der Waals surface area contributed by atoms with E-state index >= 15 is 0 Å². The monoisotopic (exact) mass is 633 g/mol. The third kappa shape index (κ3) is 8.30. The summed E-state index contributed by atoms with van der Waals surface area (Å²) in [7, 11) is -4.15. The largest absolute Gasteiger partial charge is 0.350 e. The number of amides is 2. The molecule has 1 unspecified atom stereocenters. The van der Waals surface area contributed by atoms with Gasteiger partial charge in [-0.05, 0) is 88.7 Å². The first-order valence-electron chi connectivity index (χ1n) is 12.4. The second-order valence-corrected chi connectivity index (χ2v) is 13.6. The predicted molar refractivity (Wildman–Crippen MR) is 159 cm³/mol. The van der Waals surface area contributed by atoms with E-state index in [1.807, 2.05) is 52.0 Å². The molecule has 0 heterocycles. The Morgan fingerprint density at radius 1 is 0.949 bits per heavy atom. The summed E-state index contributed by atoms with van der Waals surface area (Å²) in [6.45, 7) is 8.72. The van der Waals surface area contributed by atoms with Crippen LogP contribution in [0.4, 0.5) is 5.69 Å². The molecule has 3 rings (SSSR count). The maximum absolute atomic E-state index is 13.9. The Morgan fingerprint density at radius 3 is 2.05 bits per heavy atom. The molecule has 0 fully saturated rings. The number of hydrogen-bond donors (Lipinski definition) is 1. The van der Waals surface area contributed by atoms with Crippen molar-refractivity contribution < 1.29 is 18.0 Å². The summed E-state index contributed by atoms with van der Waals surface area (Å²) in [5.74, 6) is -0.858. The highest BCUT2D eigenvalue weighted by molar-refractivity contribution is 9.10. The molecule has 1 N–H and O–H groups in total. The van der Waals surface area contributed by atoms with Crippen LogP contribution in [0.2, 0.25) is 5.02 Å². The SMILES string of the molecule is Cc1ccc(N(CC(=O)N(Cc2ccc(Br)cc2)C(C)C(=O)NC(C)(C)C)S(=O)(=O)c2ccc(Cl)cc2)cc1. The van der Waals surface area contributed by atoms with Gasteiger partial charge in [-0.3, -0.25) is 13.9 Å². The number of aryl methyl sites for hydroxylation is 1. The van der Waals surface area contributed by atoms with Crippen LogP contribution in [0.25, 0.3) is 0 Å². The number of sulfonamides is 1. The van der Waals surface area contributed by atoms with Gasteiger partial charge in [0.2, 0.25) is 11.8 Å². The fourth-order valence-electron chi connectivity index (χ4n) is 3.82. The van der Waals surface area contributed by atoms with Crippen LogP contribution in [0.1, 0.15) is 38.8 Å². The third-order valence-electron chi connectivity index (χ3n) is 5.93. The summed E-state index contributed by atoms with van der Waals surface area (Å²) in [5, 5.41) is 3.31. The molecule has 0 spiro atoms. The van der Waals surface area contributed by atoms with Crippen molar-refractivity contribution in [1.82, 2.24) is 10.2 Å². The lowest BCUT2D eigenvalue weighted by atomic mass is 10.1. The van der Waals surface area contributed by atoms with Gasteiger partial charge in [0.15, 0.2) is 0 Å². The first kappa shape index (κ1) is 30.7. The Kier molecular flexibility index (Phi) is 9.85. The van der Waals surface area contributed by atoms with Gasteiger partial charge in [0.05, 0.1) is 10.6 Å². The van der Waals surface area contributed by atoms with Crippen molar-refractivity contribution in [3.8, 4) is 0 Å². The Bertz CT molecular complexity index is 1400. The summed E-state index contributed by atoms with van der Waals surface area (Å²) in [6.07, 6.45) is 0. The lowest BCUT2D eigenvalue weighted by Gasteiger charge is -2.33. The lowest BCUT2D eigenvalue weighted by Crippen LogP contribution is -2.54.